The molecular formula is C27H44N2O2. The Labute approximate surface area is 190 Å². The third-order valence-electron chi connectivity index (χ3n) is 5.79. The van der Waals surface area contributed by atoms with Crippen LogP contribution in [0.15, 0.2) is 30.4 Å². The Morgan fingerprint density at radius 1 is 1.06 bits per heavy atom. The van der Waals surface area contributed by atoms with Crippen LogP contribution in [0.25, 0.3) is 0 Å². The molecule has 0 radical (unpaired) electrons. The molecular weight excluding hydrogens is 384 g/mol. The summed E-state index contributed by atoms with van der Waals surface area (Å²) in [6.45, 7) is 18.2. The Bertz CT molecular complexity index is 705. The van der Waals surface area contributed by atoms with E-state index in [0.29, 0.717) is 12.2 Å². The van der Waals surface area contributed by atoms with Crippen molar-refractivity contribution in [1.29, 1.82) is 0 Å². The van der Waals surface area contributed by atoms with E-state index in [4.69, 9.17) is 0 Å². The summed E-state index contributed by atoms with van der Waals surface area (Å²) in [4.78, 5) is 26.0. The van der Waals surface area contributed by atoms with Gasteiger partial charge in [-0.15, -0.1) is 6.58 Å². The normalized spacial score (nSPS) is 14.4. The first-order valence-electron chi connectivity index (χ1n) is 12.1. The first kappa shape index (κ1) is 27.1. The highest BCUT2D eigenvalue weighted by Crippen LogP contribution is 2.26. The third-order valence-corrected chi connectivity index (χ3v) is 5.79. The Morgan fingerprint density at radius 2 is 1.71 bits per heavy atom. The zero-order chi connectivity index (χ0) is 23.2. The summed E-state index contributed by atoms with van der Waals surface area (Å²) in [5.41, 5.74) is 4.58. The quantitative estimate of drug-likeness (QED) is 0.347. The van der Waals surface area contributed by atoms with E-state index >= 15 is 0 Å². The van der Waals surface area contributed by atoms with Gasteiger partial charge in [0.05, 0.1) is 0 Å². The largest absolute Gasteiger partial charge is 0.369 e. The van der Waals surface area contributed by atoms with Gasteiger partial charge in [0.25, 0.3) is 0 Å². The lowest BCUT2D eigenvalue weighted by atomic mass is 9.96. The number of nitrogens with zero attached hydrogens (tertiary/aromatic N) is 1. The molecule has 2 rings (SSSR count). The van der Waals surface area contributed by atoms with Crippen LogP contribution in [0.3, 0.4) is 0 Å². The number of hydrogen-bond donors (Lipinski definition) is 1. The smallest absolute Gasteiger partial charge is 0.163 e. The van der Waals surface area contributed by atoms with Gasteiger partial charge in [0.1, 0.15) is 5.78 Å². The van der Waals surface area contributed by atoms with Crippen molar-refractivity contribution in [2.24, 2.45) is 5.92 Å². The van der Waals surface area contributed by atoms with Crippen LogP contribution < -0.4 is 10.2 Å². The summed E-state index contributed by atoms with van der Waals surface area (Å²) < 4.78 is 0. The van der Waals surface area contributed by atoms with Crippen LogP contribution in [0.5, 0.6) is 0 Å². The Hall–Kier alpha value is -1.94. The third kappa shape index (κ3) is 9.39. The van der Waals surface area contributed by atoms with Crippen molar-refractivity contribution in [3.63, 3.8) is 0 Å². The number of allylic oxidation sites excluding steroid dienone is 1. The number of benzene rings is 1. The summed E-state index contributed by atoms with van der Waals surface area (Å²) in [5.74, 6) is 0.914. The first-order chi connectivity index (χ1) is 14.8. The number of anilines is 1. The molecule has 0 spiro atoms. The fourth-order valence-corrected chi connectivity index (χ4v) is 3.89. The lowest BCUT2D eigenvalue weighted by molar-refractivity contribution is -0.122. The molecule has 1 aromatic rings. The van der Waals surface area contributed by atoms with Gasteiger partial charge >= 0.3 is 0 Å². The number of Topliss-reactive ketones (excluding diaryl/α,β-unsaturated/α-hetero) is 2. The SMILES string of the molecule is C=C(C)CCC(C)C(=O)CCC.CCCC(=O)c1cccc(N2CCNCC2)c1CC. The molecule has 1 fully saturated rings. The van der Waals surface area contributed by atoms with E-state index < -0.39 is 0 Å². The molecule has 4 heteroatoms. The molecule has 1 aromatic carbocycles. The predicted molar refractivity (Wildman–Crippen MR) is 133 cm³/mol. The van der Waals surface area contributed by atoms with E-state index in [-0.39, 0.29) is 11.7 Å². The standard InChI is InChI=1S/C16H24N2O.C11H20O/c1-3-6-16(19)14-7-5-8-15(13(14)4-2)18-11-9-17-10-12-18;1-5-6-11(12)10(4)8-7-9(2)3/h5,7-8,17H,3-4,6,9-12H2,1-2H3;10H,2,5-8H2,1,3-4H3. The van der Waals surface area contributed by atoms with Crippen LogP contribution in [0.4, 0.5) is 5.69 Å². The molecule has 174 valence electrons. The van der Waals surface area contributed by atoms with Gasteiger partial charge in [0.2, 0.25) is 0 Å². The number of nitrogens with one attached hydrogen (secondary N) is 1. The van der Waals surface area contributed by atoms with Crippen molar-refractivity contribution < 1.29 is 9.59 Å². The number of ketones is 2. The second-order valence-electron chi connectivity index (χ2n) is 8.68. The molecule has 31 heavy (non-hydrogen) atoms. The second kappa shape index (κ2) is 15.0. The molecule has 0 saturated carbocycles. The maximum absolute atomic E-state index is 12.2. The van der Waals surface area contributed by atoms with Crippen LogP contribution in [0.2, 0.25) is 0 Å². The van der Waals surface area contributed by atoms with E-state index in [1.54, 1.807) is 0 Å². The van der Waals surface area contributed by atoms with Crippen molar-refractivity contribution in [3.05, 3.63) is 41.5 Å². The molecule has 0 amide bonds. The summed E-state index contributed by atoms with van der Waals surface area (Å²) >= 11 is 0. The molecule has 1 aliphatic rings. The minimum atomic E-state index is 0.224. The van der Waals surface area contributed by atoms with Gasteiger partial charge in [-0.05, 0) is 50.7 Å². The number of rotatable bonds is 11. The highest BCUT2D eigenvalue weighted by Gasteiger charge is 2.18. The Kier molecular flexibility index (Phi) is 13.1. The second-order valence-corrected chi connectivity index (χ2v) is 8.68. The Balaban J connectivity index is 0.000000348. The lowest BCUT2D eigenvalue weighted by Crippen LogP contribution is -2.44. The van der Waals surface area contributed by atoms with Crippen LogP contribution in [-0.2, 0) is 11.2 Å². The van der Waals surface area contributed by atoms with Crippen molar-refractivity contribution >= 4 is 17.3 Å². The van der Waals surface area contributed by atoms with Gasteiger partial charge in [0, 0.05) is 56.2 Å². The molecule has 1 heterocycles. The molecule has 1 saturated heterocycles. The average molecular weight is 429 g/mol. The maximum Gasteiger partial charge on any atom is 0.163 e. The molecule has 1 atom stereocenters. The zero-order valence-electron chi connectivity index (χ0n) is 20.6. The van der Waals surface area contributed by atoms with E-state index in [0.717, 1.165) is 70.3 Å². The number of hydrogen-bond acceptors (Lipinski definition) is 4. The van der Waals surface area contributed by atoms with Gasteiger partial charge in [-0.3, -0.25) is 9.59 Å². The highest BCUT2D eigenvalue weighted by atomic mass is 16.1. The molecule has 1 aliphatic heterocycles. The van der Waals surface area contributed by atoms with Gasteiger partial charge in [-0.25, -0.2) is 0 Å². The monoisotopic (exact) mass is 428 g/mol. The fourth-order valence-electron chi connectivity index (χ4n) is 3.89. The molecule has 1 unspecified atom stereocenters. The fraction of sp³-hybridized carbons (Fsp3) is 0.630. The molecule has 0 bridgehead atoms. The minimum Gasteiger partial charge on any atom is -0.369 e. The number of carbonyl (C=O) groups excluding carboxylic acids is 2. The van der Waals surface area contributed by atoms with E-state index in [1.165, 1.54) is 16.8 Å². The Morgan fingerprint density at radius 3 is 2.26 bits per heavy atom. The van der Waals surface area contributed by atoms with Gasteiger partial charge in [0.15, 0.2) is 5.78 Å². The number of piperazine rings is 1. The topological polar surface area (TPSA) is 49.4 Å². The molecule has 0 aliphatic carbocycles. The van der Waals surface area contributed by atoms with Gasteiger partial charge in [-0.2, -0.15) is 0 Å². The highest BCUT2D eigenvalue weighted by molar-refractivity contribution is 5.98. The van der Waals surface area contributed by atoms with Crippen molar-refractivity contribution in [2.75, 3.05) is 31.1 Å². The maximum atomic E-state index is 12.2. The van der Waals surface area contributed by atoms with E-state index in [1.807, 2.05) is 32.9 Å². The predicted octanol–water partition coefficient (Wildman–Crippen LogP) is 5.99. The van der Waals surface area contributed by atoms with Crippen LogP contribution >= 0.6 is 0 Å². The van der Waals surface area contributed by atoms with Crippen molar-refractivity contribution in [3.8, 4) is 0 Å². The summed E-state index contributed by atoms with van der Waals surface area (Å²) in [7, 11) is 0. The summed E-state index contributed by atoms with van der Waals surface area (Å²) in [6, 6.07) is 6.18. The van der Waals surface area contributed by atoms with E-state index in [2.05, 4.69) is 36.7 Å². The summed E-state index contributed by atoms with van der Waals surface area (Å²) in [5, 5.41) is 3.37. The van der Waals surface area contributed by atoms with Gasteiger partial charge in [-0.1, -0.05) is 45.4 Å². The lowest BCUT2D eigenvalue weighted by Gasteiger charge is -2.31. The van der Waals surface area contributed by atoms with Crippen LogP contribution in [-0.4, -0.2) is 37.7 Å². The first-order valence-corrected chi connectivity index (χ1v) is 12.1. The van der Waals surface area contributed by atoms with E-state index in [9.17, 15) is 9.59 Å². The van der Waals surface area contributed by atoms with Crippen molar-refractivity contribution in [2.45, 2.75) is 79.6 Å². The van der Waals surface area contributed by atoms with Gasteiger partial charge < -0.3 is 10.2 Å². The van der Waals surface area contributed by atoms with Crippen LogP contribution in [0, 0.1) is 5.92 Å². The zero-order valence-corrected chi connectivity index (χ0v) is 20.6. The minimum absolute atomic E-state index is 0.224. The average Bonchev–Trinajstić information content (AvgIpc) is 2.78. The van der Waals surface area contributed by atoms with Crippen LogP contribution in [0.1, 0.15) is 89.1 Å². The molecule has 1 N–H and O–H groups in total. The number of carbonyl (C=O) groups is 2. The molecule has 4 nitrogen and oxygen atoms in total. The summed E-state index contributed by atoms with van der Waals surface area (Å²) in [6.07, 6.45) is 6.14. The van der Waals surface area contributed by atoms with Crippen molar-refractivity contribution in [1.82, 2.24) is 5.32 Å². The molecule has 0 aromatic heterocycles.